The van der Waals surface area contributed by atoms with Crippen molar-refractivity contribution in [2.45, 2.75) is 17.2 Å². The van der Waals surface area contributed by atoms with E-state index in [1.54, 1.807) is 0 Å². The monoisotopic (exact) mass is 645 g/mol. The van der Waals surface area contributed by atoms with Gasteiger partial charge in [-0.1, -0.05) is 29.8 Å². The van der Waals surface area contributed by atoms with Crippen LogP contribution in [0.15, 0.2) is 88.7 Å². The van der Waals surface area contributed by atoms with Crippen LogP contribution in [0.2, 0.25) is 5.02 Å². The second-order valence-electron chi connectivity index (χ2n) is 9.77. The van der Waals surface area contributed by atoms with Crippen molar-refractivity contribution in [3.8, 4) is 11.1 Å². The van der Waals surface area contributed by atoms with Crippen LogP contribution in [0.3, 0.4) is 0 Å². The second kappa shape index (κ2) is 11.4. The van der Waals surface area contributed by atoms with Crippen LogP contribution >= 0.6 is 11.6 Å². The first-order chi connectivity index (χ1) is 20.2. The van der Waals surface area contributed by atoms with E-state index in [0.717, 1.165) is 18.4 Å². The Morgan fingerprint density at radius 1 is 0.977 bits per heavy atom. The minimum absolute atomic E-state index is 0.00536. The third kappa shape index (κ3) is 6.38. The number of sulfonamides is 1. The molecule has 3 aromatic carbocycles. The summed E-state index contributed by atoms with van der Waals surface area (Å²) in [7, 11) is -8.08. The Morgan fingerprint density at radius 3 is 2.44 bits per heavy atom. The smallest absolute Gasteiger partial charge is 0.282 e. The zero-order valence-corrected chi connectivity index (χ0v) is 24.7. The highest BCUT2D eigenvalue weighted by Gasteiger charge is 2.29. The fourth-order valence-corrected chi connectivity index (χ4v) is 6.75. The van der Waals surface area contributed by atoms with Gasteiger partial charge in [0.25, 0.3) is 21.5 Å². The molecule has 0 bridgehead atoms. The number of nitrogens with one attached hydrogen (secondary N) is 2. The molecule has 0 fully saturated rings. The van der Waals surface area contributed by atoms with E-state index in [0.29, 0.717) is 17.0 Å². The molecule has 9 nitrogen and oxygen atoms in total. The lowest BCUT2D eigenvalue weighted by atomic mass is 10.0. The Balaban J connectivity index is 1.72. The second-order valence-corrected chi connectivity index (χ2v) is 14.0. The molecule has 0 saturated carbocycles. The topological polar surface area (TPSA) is 135 Å². The van der Waals surface area contributed by atoms with Gasteiger partial charge in [-0.15, -0.1) is 0 Å². The molecule has 43 heavy (non-hydrogen) atoms. The molecule has 1 amide bonds. The quantitative estimate of drug-likeness (QED) is 0.252. The van der Waals surface area contributed by atoms with Crippen LogP contribution in [-0.2, 0) is 32.2 Å². The summed E-state index contributed by atoms with van der Waals surface area (Å²) in [5.41, 5.74) is -0.402. The van der Waals surface area contributed by atoms with Crippen molar-refractivity contribution < 1.29 is 30.4 Å². The number of carbonyl (C=O) groups is 1. The van der Waals surface area contributed by atoms with Gasteiger partial charge in [-0.3, -0.25) is 9.59 Å². The van der Waals surface area contributed by atoms with Gasteiger partial charge in [-0.05, 0) is 54.1 Å². The largest absolute Gasteiger partial charge is 0.331 e. The van der Waals surface area contributed by atoms with Crippen LogP contribution in [0.4, 0.5) is 8.78 Å². The molecular formula is C29H22ClF2N3O6S2. The van der Waals surface area contributed by atoms with Gasteiger partial charge in [0.15, 0.2) is 9.84 Å². The molecule has 5 rings (SSSR count). The SMILES string of the molecule is CS(=O)(=O)Cc1cccc(S(=O)(=O)NC(=O)c2c(-c3ccc[nH]c3=O)c3cc(Cl)ccc3n2Cc2ccc(F)cc2F)c1. The standard InChI is InChI=1S/C29H22ClF2N3O6S2/c1-42(38,39)16-17-4-2-5-21(12-17)43(40,41)34-29(37)27-26(22-6-3-11-33-28(22)36)23-13-19(30)8-10-25(23)35(27)15-18-7-9-20(31)14-24(18)32/h2-14H,15-16H2,1H3,(H,33,36)(H,34,37). The summed E-state index contributed by atoms with van der Waals surface area (Å²) >= 11 is 6.27. The summed E-state index contributed by atoms with van der Waals surface area (Å²) in [4.78, 5) is 29.0. The van der Waals surface area contributed by atoms with Crippen LogP contribution in [0.5, 0.6) is 0 Å². The maximum Gasteiger partial charge on any atom is 0.282 e. The molecule has 0 aliphatic rings. The number of halogens is 3. The number of hydrogen-bond acceptors (Lipinski definition) is 6. The number of amides is 1. The Kier molecular flexibility index (Phi) is 7.99. The van der Waals surface area contributed by atoms with Crippen molar-refractivity contribution in [3.63, 3.8) is 0 Å². The first-order valence-electron chi connectivity index (χ1n) is 12.5. The molecule has 14 heteroatoms. The maximum absolute atomic E-state index is 14.8. The maximum atomic E-state index is 14.8. The van der Waals surface area contributed by atoms with Crippen molar-refractivity contribution in [1.29, 1.82) is 0 Å². The van der Waals surface area contributed by atoms with Crippen molar-refractivity contribution in [2.24, 2.45) is 0 Å². The van der Waals surface area contributed by atoms with Gasteiger partial charge in [0, 0.05) is 51.1 Å². The predicted molar refractivity (Wildman–Crippen MR) is 158 cm³/mol. The van der Waals surface area contributed by atoms with Gasteiger partial charge in [-0.2, -0.15) is 0 Å². The molecule has 0 atom stereocenters. The highest BCUT2D eigenvalue weighted by Crippen LogP contribution is 2.36. The molecule has 0 aliphatic carbocycles. The number of benzene rings is 3. The Hall–Kier alpha value is -4.33. The average molecular weight is 646 g/mol. The number of aromatic nitrogens is 2. The lowest BCUT2D eigenvalue weighted by Crippen LogP contribution is -2.33. The molecule has 0 spiro atoms. The van der Waals surface area contributed by atoms with Crippen LogP contribution in [0.1, 0.15) is 21.6 Å². The van der Waals surface area contributed by atoms with Crippen LogP contribution in [0, 0.1) is 11.6 Å². The van der Waals surface area contributed by atoms with Crippen LogP contribution in [-0.4, -0.2) is 38.5 Å². The summed E-state index contributed by atoms with van der Waals surface area (Å²) in [5, 5.41) is 0.540. The predicted octanol–water partition coefficient (Wildman–Crippen LogP) is 4.64. The zero-order chi connectivity index (χ0) is 31.1. The molecule has 2 heterocycles. The van der Waals surface area contributed by atoms with Gasteiger partial charge in [-0.25, -0.2) is 30.3 Å². The zero-order valence-electron chi connectivity index (χ0n) is 22.3. The Bertz CT molecular complexity index is 2200. The normalized spacial score (nSPS) is 12.0. The Labute approximate surface area is 249 Å². The van der Waals surface area contributed by atoms with E-state index in [1.807, 2.05) is 4.72 Å². The van der Waals surface area contributed by atoms with Crippen molar-refractivity contribution >= 4 is 48.3 Å². The highest BCUT2D eigenvalue weighted by molar-refractivity contribution is 7.90. The fourth-order valence-electron chi connectivity index (χ4n) is 4.77. The molecule has 0 saturated heterocycles. The summed E-state index contributed by atoms with van der Waals surface area (Å²) in [6.07, 6.45) is 2.37. The summed E-state index contributed by atoms with van der Waals surface area (Å²) in [6.45, 7) is -0.346. The lowest BCUT2D eigenvalue weighted by molar-refractivity contribution is 0.0974. The van der Waals surface area contributed by atoms with Crippen LogP contribution < -0.4 is 10.3 Å². The number of nitrogens with zero attached hydrogens (tertiary/aromatic N) is 1. The van der Waals surface area contributed by atoms with E-state index in [4.69, 9.17) is 11.6 Å². The number of H-pyrrole nitrogens is 1. The number of aromatic amines is 1. The molecular weight excluding hydrogens is 624 g/mol. The molecule has 0 aliphatic heterocycles. The van der Waals surface area contributed by atoms with E-state index in [9.17, 15) is 35.2 Å². The number of carbonyl (C=O) groups excluding carboxylic acids is 1. The third-order valence-electron chi connectivity index (χ3n) is 6.54. The average Bonchev–Trinajstić information content (AvgIpc) is 3.22. The minimum atomic E-state index is -4.59. The molecule has 2 N–H and O–H groups in total. The summed E-state index contributed by atoms with van der Waals surface area (Å²) in [5.74, 6) is -3.31. The molecule has 2 aromatic heterocycles. The number of hydrogen-bond donors (Lipinski definition) is 2. The first-order valence-corrected chi connectivity index (χ1v) is 16.4. The number of pyridine rings is 1. The van der Waals surface area contributed by atoms with Crippen LogP contribution in [0.25, 0.3) is 22.0 Å². The third-order valence-corrected chi connectivity index (χ3v) is 8.96. The van der Waals surface area contributed by atoms with Gasteiger partial charge in [0.1, 0.15) is 17.3 Å². The van der Waals surface area contributed by atoms with Gasteiger partial charge < -0.3 is 9.55 Å². The van der Waals surface area contributed by atoms with Crippen molar-refractivity contribution in [2.75, 3.05) is 6.26 Å². The highest BCUT2D eigenvalue weighted by atomic mass is 35.5. The molecule has 5 aromatic rings. The summed E-state index contributed by atoms with van der Waals surface area (Å²) in [6, 6.07) is 15.4. The van der Waals surface area contributed by atoms with Crippen molar-refractivity contribution in [1.82, 2.24) is 14.3 Å². The minimum Gasteiger partial charge on any atom is -0.331 e. The van der Waals surface area contributed by atoms with E-state index >= 15 is 0 Å². The van der Waals surface area contributed by atoms with Gasteiger partial charge >= 0.3 is 0 Å². The molecule has 0 radical (unpaired) electrons. The molecule has 222 valence electrons. The van der Waals surface area contributed by atoms with E-state index in [2.05, 4.69) is 4.98 Å². The van der Waals surface area contributed by atoms with E-state index in [1.165, 1.54) is 65.4 Å². The Morgan fingerprint density at radius 2 is 1.74 bits per heavy atom. The number of fused-ring (bicyclic) bond motifs is 1. The lowest BCUT2D eigenvalue weighted by Gasteiger charge is -2.14. The van der Waals surface area contributed by atoms with Gasteiger partial charge in [0.05, 0.1) is 17.2 Å². The summed E-state index contributed by atoms with van der Waals surface area (Å²) < 4.78 is 82.1. The van der Waals surface area contributed by atoms with E-state index < -0.39 is 48.7 Å². The number of sulfone groups is 1. The first kappa shape index (κ1) is 30.1. The van der Waals surface area contributed by atoms with Gasteiger partial charge in [0.2, 0.25) is 0 Å². The fraction of sp³-hybridized carbons (Fsp3) is 0.103. The van der Waals surface area contributed by atoms with Crippen molar-refractivity contribution in [3.05, 3.63) is 123 Å². The number of rotatable bonds is 8. The molecule has 0 unspecified atom stereocenters. The van der Waals surface area contributed by atoms with E-state index in [-0.39, 0.29) is 44.4 Å².